The first-order chi connectivity index (χ1) is 24.7. The Morgan fingerprint density at radius 3 is 1.96 bits per heavy atom. The lowest BCUT2D eigenvalue weighted by molar-refractivity contribution is 0.669. The number of rotatable bonds is 3. The molecule has 8 aromatic carbocycles. The molecule has 0 atom stereocenters. The molecule has 0 unspecified atom stereocenters. The monoisotopic (exact) mass is 655 g/mol. The molecule has 0 saturated carbocycles. The van der Waals surface area contributed by atoms with Crippen LogP contribution in [0.15, 0.2) is 156 Å². The van der Waals surface area contributed by atoms with Crippen molar-refractivity contribution in [1.82, 2.24) is 15.0 Å². The van der Waals surface area contributed by atoms with Gasteiger partial charge in [-0.3, -0.25) is 0 Å². The fourth-order valence-electron chi connectivity index (χ4n) is 7.55. The Kier molecular flexibility index (Phi) is 5.80. The van der Waals surface area contributed by atoms with Gasteiger partial charge in [-0.05, 0) is 68.7 Å². The number of benzene rings is 8. The van der Waals surface area contributed by atoms with Crippen molar-refractivity contribution < 1.29 is 4.42 Å². The molecule has 232 valence electrons. The third-order valence-electron chi connectivity index (χ3n) is 9.88. The second kappa shape index (κ2) is 10.5. The van der Waals surface area contributed by atoms with Gasteiger partial charge in [0.15, 0.2) is 17.5 Å². The second-order valence-electron chi connectivity index (χ2n) is 12.8. The van der Waals surface area contributed by atoms with E-state index in [1.807, 2.05) is 72.0 Å². The van der Waals surface area contributed by atoms with Crippen LogP contribution in [-0.4, -0.2) is 15.0 Å². The van der Waals surface area contributed by atoms with Gasteiger partial charge in [0.05, 0.1) is 0 Å². The van der Waals surface area contributed by atoms with Crippen molar-refractivity contribution >= 4 is 85.8 Å². The van der Waals surface area contributed by atoms with Gasteiger partial charge >= 0.3 is 0 Å². The van der Waals surface area contributed by atoms with E-state index in [1.165, 1.54) is 47.1 Å². The molecular formula is C45H25N3OS. The van der Waals surface area contributed by atoms with Gasteiger partial charge in [-0.25, -0.2) is 15.0 Å². The summed E-state index contributed by atoms with van der Waals surface area (Å²) in [4.78, 5) is 15.3. The summed E-state index contributed by atoms with van der Waals surface area (Å²) in [5.74, 6) is 1.87. The zero-order chi connectivity index (χ0) is 32.8. The second-order valence-corrected chi connectivity index (χ2v) is 13.9. The molecule has 0 radical (unpaired) electrons. The number of hydrogen-bond acceptors (Lipinski definition) is 5. The number of aromatic nitrogens is 3. The molecule has 0 aliphatic rings. The first-order valence-corrected chi connectivity index (χ1v) is 17.5. The highest BCUT2D eigenvalue weighted by atomic mass is 32.1. The van der Waals surface area contributed by atoms with E-state index >= 15 is 0 Å². The molecule has 50 heavy (non-hydrogen) atoms. The third kappa shape index (κ3) is 4.14. The molecule has 3 aromatic heterocycles. The Labute approximate surface area is 289 Å². The molecule has 5 heteroatoms. The van der Waals surface area contributed by atoms with E-state index in [9.17, 15) is 0 Å². The maximum atomic E-state index is 6.23. The highest BCUT2D eigenvalue weighted by Crippen LogP contribution is 2.41. The van der Waals surface area contributed by atoms with E-state index in [0.717, 1.165) is 44.0 Å². The normalized spacial score (nSPS) is 12.0. The summed E-state index contributed by atoms with van der Waals surface area (Å²) in [7, 11) is 0. The average molecular weight is 656 g/mol. The molecule has 0 aliphatic carbocycles. The minimum atomic E-state index is 0.614. The van der Waals surface area contributed by atoms with Crippen molar-refractivity contribution in [3.8, 4) is 34.2 Å². The summed E-state index contributed by atoms with van der Waals surface area (Å²) in [6.07, 6.45) is 0. The minimum absolute atomic E-state index is 0.614. The quantitative estimate of drug-likeness (QED) is 0.178. The van der Waals surface area contributed by atoms with Crippen molar-refractivity contribution in [2.45, 2.75) is 0 Å². The molecule has 0 aliphatic heterocycles. The highest BCUT2D eigenvalue weighted by Gasteiger charge is 2.18. The molecule has 4 nitrogen and oxygen atoms in total. The van der Waals surface area contributed by atoms with Crippen LogP contribution < -0.4 is 0 Å². The predicted octanol–water partition coefficient (Wildman–Crippen LogP) is 12.6. The summed E-state index contributed by atoms with van der Waals surface area (Å²) in [6.45, 7) is 0. The summed E-state index contributed by atoms with van der Waals surface area (Å²) in [5.41, 5.74) is 4.44. The number of thiophene rings is 1. The van der Waals surface area contributed by atoms with E-state index in [2.05, 4.69) is 91.0 Å². The summed E-state index contributed by atoms with van der Waals surface area (Å²) >= 11 is 1.86. The van der Waals surface area contributed by atoms with Crippen molar-refractivity contribution in [3.05, 3.63) is 152 Å². The molecule has 0 fully saturated rings. The maximum Gasteiger partial charge on any atom is 0.164 e. The molecule has 0 N–H and O–H groups in total. The van der Waals surface area contributed by atoms with Gasteiger partial charge in [-0.2, -0.15) is 0 Å². The topological polar surface area (TPSA) is 51.8 Å². The van der Waals surface area contributed by atoms with Crippen LogP contribution in [0.25, 0.3) is 109 Å². The van der Waals surface area contributed by atoms with Gasteiger partial charge in [0.2, 0.25) is 0 Å². The smallest absolute Gasteiger partial charge is 0.164 e. The minimum Gasteiger partial charge on any atom is -0.456 e. The first-order valence-electron chi connectivity index (χ1n) is 16.7. The molecule has 0 saturated heterocycles. The van der Waals surface area contributed by atoms with E-state index < -0.39 is 0 Å². The summed E-state index contributed by atoms with van der Waals surface area (Å²) in [6, 6.07) is 53.3. The van der Waals surface area contributed by atoms with Crippen molar-refractivity contribution in [2.24, 2.45) is 0 Å². The Bertz CT molecular complexity index is 3160. The van der Waals surface area contributed by atoms with Gasteiger partial charge in [0, 0.05) is 47.6 Å². The fraction of sp³-hybridized carbons (Fsp3) is 0. The lowest BCUT2D eigenvalue weighted by Crippen LogP contribution is -2.00. The van der Waals surface area contributed by atoms with E-state index in [-0.39, 0.29) is 0 Å². The van der Waals surface area contributed by atoms with E-state index in [0.29, 0.717) is 17.5 Å². The van der Waals surface area contributed by atoms with Crippen LogP contribution in [-0.2, 0) is 0 Å². The molecule has 0 amide bonds. The van der Waals surface area contributed by atoms with Gasteiger partial charge < -0.3 is 4.42 Å². The Balaban J connectivity index is 1.14. The average Bonchev–Trinajstić information content (AvgIpc) is 3.74. The number of furan rings is 1. The molecule has 3 heterocycles. The van der Waals surface area contributed by atoms with Crippen LogP contribution in [0.4, 0.5) is 0 Å². The Hall–Kier alpha value is -6.43. The SMILES string of the molecule is c1ccc(-c2nc(-c3ccc4c(ccc5ccc6cc7sc8ccccc8c7cc6c54)c3)nc(-c3cccc4oc5ccccc5c34)n2)cc1. The molecular weight excluding hydrogens is 631 g/mol. The predicted molar refractivity (Wildman–Crippen MR) is 209 cm³/mol. The third-order valence-corrected chi connectivity index (χ3v) is 11.0. The largest absolute Gasteiger partial charge is 0.456 e. The fourth-order valence-corrected chi connectivity index (χ4v) is 8.69. The molecule has 11 aromatic rings. The van der Waals surface area contributed by atoms with Crippen LogP contribution >= 0.6 is 11.3 Å². The van der Waals surface area contributed by atoms with Gasteiger partial charge in [-0.15, -0.1) is 11.3 Å². The summed E-state index contributed by atoms with van der Waals surface area (Å²) < 4.78 is 8.87. The summed E-state index contributed by atoms with van der Waals surface area (Å²) in [5, 5.41) is 12.0. The first kappa shape index (κ1) is 27.5. The maximum absolute atomic E-state index is 6.23. The molecule has 0 spiro atoms. The van der Waals surface area contributed by atoms with Crippen LogP contribution in [0.2, 0.25) is 0 Å². The van der Waals surface area contributed by atoms with E-state index in [4.69, 9.17) is 19.4 Å². The Morgan fingerprint density at radius 2 is 1.08 bits per heavy atom. The van der Waals surface area contributed by atoms with E-state index in [1.54, 1.807) is 0 Å². The standard InChI is InChI=1S/C45H25N3OS/c1-2-9-27(10-3-1)43-46-44(48-45(47-43)34-13-8-15-38-42(34)33-12-4-6-14-37(33)49-38)30-21-22-31-28(23-30)19-17-26-18-20-29-24-40-36(25-35(29)41(26)31)32-11-5-7-16-39(32)50-40/h1-25H. The van der Waals surface area contributed by atoms with Crippen LogP contribution in [0.3, 0.4) is 0 Å². The lowest BCUT2D eigenvalue weighted by Gasteiger charge is -2.12. The van der Waals surface area contributed by atoms with Crippen molar-refractivity contribution in [2.75, 3.05) is 0 Å². The van der Waals surface area contributed by atoms with Gasteiger partial charge in [0.1, 0.15) is 11.2 Å². The van der Waals surface area contributed by atoms with Gasteiger partial charge in [-0.1, -0.05) is 115 Å². The number of fused-ring (bicyclic) bond motifs is 11. The lowest BCUT2D eigenvalue weighted by atomic mass is 9.94. The molecule has 0 bridgehead atoms. The van der Waals surface area contributed by atoms with Crippen LogP contribution in [0.5, 0.6) is 0 Å². The van der Waals surface area contributed by atoms with Gasteiger partial charge in [0.25, 0.3) is 0 Å². The highest BCUT2D eigenvalue weighted by molar-refractivity contribution is 7.25. The number of para-hydroxylation sites is 1. The van der Waals surface area contributed by atoms with Crippen molar-refractivity contribution in [1.29, 1.82) is 0 Å². The zero-order valence-corrected chi connectivity index (χ0v) is 27.4. The zero-order valence-electron chi connectivity index (χ0n) is 26.6. The Morgan fingerprint density at radius 1 is 0.380 bits per heavy atom. The number of nitrogens with zero attached hydrogens (tertiary/aromatic N) is 3. The molecule has 11 rings (SSSR count). The van der Waals surface area contributed by atoms with Crippen molar-refractivity contribution in [3.63, 3.8) is 0 Å². The van der Waals surface area contributed by atoms with Crippen LogP contribution in [0, 0.1) is 0 Å². The number of hydrogen-bond donors (Lipinski definition) is 0. The van der Waals surface area contributed by atoms with Crippen LogP contribution in [0.1, 0.15) is 0 Å².